The van der Waals surface area contributed by atoms with E-state index in [2.05, 4.69) is 5.32 Å². The molecule has 104 valence electrons. The minimum Gasteiger partial charge on any atom is -0.478 e. The van der Waals surface area contributed by atoms with Crippen molar-refractivity contribution in [2.45, 2.75) is 19.0 Å². The van der Waals surface area contributed by atoms with Crippen molar-refractivity contribution in [2.75, 3.05) is 5.32 Å². The molecule has 1 aromatic rings. The van der Waals surface area contributed by atoms with Gasteiger partial charge in [0.05, 0.1) is 12.0 Å². The average molecular weight is 294 g/mol. The monoisotopic (exact) mass is 293 g/mol. The molecule has 2 rings (SSSR count). The van der Waals surface area contributed by atoms with Crippen LogP contribution in [0.4, 0.5) is 18.9 Å². The average Bonchev–Trinajstić information content (AvgIpc) is 2.25. The van der Waals surface area contributed by atoms with E-state index in [9.17, 15) is 18.0 Å². The molecule has 0 radical (unpaired) electrons. The summed E-state index contributed by atoms with van der Waals surface area (Å²) < 4.78 is 37.2. The summed E-state index contributed by atoms with van der Waals surface area (Å²) in [5, 5.41) is 11.5. The van der Waals surface area contributed by atoms with Crippen LogP contribution in [0.1, 0.15) is 12.0 Å². The number of rotatable bonds is 2. The first-order valence-electron chi connectivity index (χ1n) is 5.24. The van der Waals surface area contributed by atoms with Gasteiger partial charge in [-0.1, -0.05) is 18.2 Å². The number of benzene rings is 1. The van der Waals surface area contributed by atoms with Crippen LogP contribution in [0.2, 0.25) is 0 Å². The first-order valence-corrected chi connectivity index (χ1v) is 5.24. The lowest BCUT2D eigenvalue weighted by Crippen LogP contribution is -2.22. The number of carbonyl (C=O) groups is 1. The number of carboxylic acids is 1. The zero-order valence-corrected chi connectivity index (χ0v) is 10.4. The molecule has 2 N–H and O–H groups in total. The van der Waals surface area contributed by atoms with Gasteiger partial charge in [-0.15, -0.1) is 12.4 Å². The number of hydrogen-bond donors (Lipinski definition) is 2. The van der Waals surface area contributed by atoms with E-state index < -0.39 is 18.6 Å². The number of para-hydroxylation sites is 1. The number of carboxylic acid groups (broad SMARTS) is 1. The fourth-order valence-corrected chi connectivity index (χ4v) is 1.89. The van der Waals surface area contributed by atoms with Gasteiger partial charge in [-0.05, 0) is 11.6 Å². The summed E-state index contributed by atoms with van der Waals surface area (Å²) in [5.41, 5.74) is 0.697. The van der Waals surface area contributed by atoms with E-state index in [1.54, 1.807) is 24.3 Å². The third-order valence-corrected chi connectivity index (χ3v) is 2.67. The van der Waals surface area contributed by atoms with Crippen LogP contribution < -0.4 is 5.32 Å². The third-order valence-electron chi connectivity index (χ3n) is 2.67. The van der Waals surface area contributed by atoms with Gasteiger partial charge >= 0.3 is 12.1 Å². The van der Waals surface area contributed by atoms with E-state index in [1.807, 2.05) is 0 Å². The Kier molecular flexibility index (Phi) is 4.47. The lowest BCUT2D eigenvalue weighted by molar-refractivity contribution is -0.133. The zero-order chi connectivity index (χ0) is 13.3. The maximum atomic E-state index is 12.4. The third kappa shape index (κ3) is 3.64. The Labute approximate surface area is 113 Å². The van der Waals surface area contributed by atoms with Crippen LogP contribution in [0.15, 0.2) is 35.5 Å². The Balaban J connectivity index is 0.00000180. The van der Waals surface area contributed by atoms with Crippen molar-refractivity contribution in [1.82, 2.24) is 0 Å². The molecule has 7 heteroatoms. The maximum absolute atomic E-state index is 12.4. The molecule has 3 nitrogen and oxygen atoms in total. The van der Waals surface area contributed by atoms with E-state index in [1.165, 1.54) is 0 Å². The maximum Gasteiger partial charge on any atom is 0.394 e. The van der Waals surface area contributed by atoms with E-state index in [0.717, 1.165) is 0 Å². The number of nitrogens with one attached hydrogen (secondary N) is 1. The molecule has 0 unspecified atom stereocenters. The van der Waals surface area contributed by atoms with Crippen molar-refractivity contribution in [3.8, 4) is 0 Å². The standard InChI is InChI=1S/C12H10F3NO2.ClH/c13-12(14,15)6-10-8(11(17)18)5-7-3-1-2-4-9(7)16-10;/h1-4,16H,5-6H2,(H,17,18);1H. The Hall–Kier alpha value is -1.69. The van der Waals surface area contributed by atoms with E-state index in [-0.39, 0.29) is 30.1 Å². The smallest absolute Gasteiger partial charge is 0.394 e. The predicted octanol–water partition coefficient (Wildman–Crippen LogP) is 3.37. The van der Waals surface area contributed by atoms with Crippen molar-refractivity contribution < 1.29 is 23.1 Å². The summed E-state index contributed by atoms with van der Waals surface area (Å²) in [5.74, 6) is -1.32. The van der Waals surface area contributed by atoms with Crippen molar-refractivity contribution in [3.05, 3.63) is 41.1 Å². The minimum absolute atomic E-state index is 0. The molecule has 1 aromatic carbocycles. The van der Waals surface area contributed by atoms with E-state index >= 15 is 0 Å². The number of allylic oxidation sites excluding steroid dienone is 1. The van der Waals surface area contributed by atoms with E-state index in [0.29, 0.717) is 11.3 Å². The summed E-state index contributed by atoms with van der Waals surface area (Å²) in [6, 6.07) is 6.72. The Bertz CT molecular complexity index is 526. The Morgan fingerprint density at radius 1 is 1.32 bits per heavy atom. The quantitative estimate of drug-likeness (QED) is 0.879. The molecule has 0 bridgehead atoms. The number of aliphatic carboxylic acids is 1. The van der Waals surface area contributed by atoms with Gasteiger partial charge in [-0.2, -0.15) is 13.2 Å². The van der Waals surface area contributed by atoms with Gasteiger partial charge in [0.1, 0.15) is 0 Å². The molecular formula is C12H11ClF3NO2. The summed E-state index contributed by atoms with van der Waals surface area (Å²) in [4.78, 5) is 11.0. The van der Waals surface area contributed by atoms with Crippen LogP contribution in [-0.4, -0.2) is 17.3 Å². The number of fused-ring (bicyclic) bond motifs is 1. The molecule has 0 aromatic heterocycles. The second kappa shape index (κ2) is 5.52. The highest BCUT2D eigenvalue weighted by atomic mass is 35.5. The Morgan fingerprint density at radius 2 is 1.95 bits per heavy atom. The molecule has 0 aliphatic carbocycles. The highest BCUT2D eigenvalue weighted by Gasteiger charge is 2.33. The number of anilines is 1. The van der Waals surface area contributed by atoms with Gasteiger partial charge in [0.2, 0.25) is 0 Å². The largest absolute Gasteiger partial charge is 0.478 e. The molecule has 0 atom stereocenters. The Morgan fingerprint density at radius 3 is 2.53 bits per heavy atom. The van der Waals surface area contributed by atoms with E-state index in [4.69, 9.17) is 5.11 Å². The molecule has 19 heavy (non-hydrogen) atoms. The van der Waals surface area contributed by atoms with Gasteiger partial charge in [-0.25, -0.2) is 4.79 Å². The van der Waals surface area contributed by atoms with Crippen LogP contribution in [-0.2, 0) is 11.2 Å². The molecule has 1 aliphatic heterocycles. The summed E-state index contributed by atoms with van der Waals surface area (Å²) in [6.45, 7) is 0. The molecule has 0 saturated carbocycles. The minimum atomic E-state index is -4.44. The lowest BCUT2D eigenvalue weighted by atomic mass is 9.96. The van der Waals surface area contributed by atoms with Gasteiger partial charge in [0.25, 0.3) is 0 Å². The van der Waals surface area contributed by atoms with Gasteiger partial charge < -0.3 is 10.4 Å². The second-order valence-corrected chi connectivity index (χ2v) is 4.01. The topological polar surface area (TPSA) is 49.3 Å². The van der Waals surface area contributed by atoms with Crippen molar-refractivity contribution in [2.24, 2.45) is 0 Å². The highest BCUT2D eigenvalue weighted by Crippen LogP contribution is 2.33. The highest BCUT2D eigenvalue weighted by molar-refractivity contribution is 5.90. The first-order chi connectivity index (χ1) is 8.37. The lowest BCUT2D eigenvalue weighted by Gasteiger charge is -2.23. The van der Waals surface area contributed by atoms with Gasteiger partial charge in [0.15, 0.2) is 0 Å². The van der Waals surface area contributed by atoms with Crippen molar-refractivity contribution >= 4 is 24.1 Å². The SMILES string of the molecule is Cl.O=C(O)C1=C(CC(F)(F)F)Nc2ccccc2C1. The van der Waals surface area contributed by atoms with Crippen LogP contribution in [0.25, 0.3) is 0 Å². The van der Waals surface area contributed by atoms with Crippen LogP contribution in [0.3, 0.4) is 0 Å². The predicted molar refractivity (Wildman–Crippen MR) is 66.4 cm³/mol. The van der Waals surface area contributed by atoms with Crippen LogP contribution in [0, 0.1) is 0 Å². The van der Waals surface area contributed by atoms with Crippen molar-refractivity contribution in [3.63, 3.8) is 0 Å². The fraction of sp³-hybridized carbons (Fsp3) is 0.250. The summed E-state index contributed by atoms with van der Waals surface area (Å²) >= 11 is 0. The number of hydrogen-bond acceptors (Lipinski definition) is 2. The molecule has 0 saturated heterocycles. The molecule has 0 spiro atoms. The summed E-state index contributed by atoms with van der Waals surface area (Å²) in [6.07, 6.45) is -5.69. The van der Waals surface area contributed by atoms with Crippen LogP contribution >= 0.6 is 12.4 Å². The summed E-state index contributed by atoms with van der Waals surface area (Å²) in [7, 11) is 0. The fourth-order valence-electron chi connectivity index (χ4n) is 1.89. The zero-order valence-electron chi connectivity index (χ0n) is 9.62. The van der Waals surface area contributed by atoms with Gasteiger partial charge in [-0.3, -0.25) is 0 Å². The molecule has 0 amide bonds. The number of alkyl halides is 3. The van der Waals surface area contributed by atoms with Crippen LogP contribution in [0.5, 0.6) is 0 Å². The van der Waals surface area contributed by atoms with Gasteiger partial charge in [0, 0.05) is 17.8 Å². The second-order valence-electron chi connectivity index (χ2n) is 4.01. The number of halogens is 4. The molecule has 0 fully saturated rings. The molecule has 1 aliphatic rings. The molecule has 1 heterocycles. The van der Waals surface area contributed by atoms with Crippen molar-refractivity contribution in [1.29, 1.82) is 0 Å². The first kappa shape index (κ1) is 15.4. The normalized spacial score (nSPS) is 14.3. The molecular weight excluding hydrogens is 283 g/mol.